The number of amides is 2. The molecular formula is C22H22N2O6. The second-order valence-electron chi connectivity index (χ2n) is 6.60. The van der Waals surface area contributed by atoms with Gasteiger partial charge in [-0.05, 0) is 36.3 Å². The van der Waals surface area contributed by atoms with E-state index in [0.717, 1.165) is 5.56 Å². The Bertz CT molecular complexity index is 971. The van der Waals surface area contributed by atoms with Crippen LogP contribution in [0.15, 0.2) is 54.2 Å². The summed E-state index contributed by atoms with van der Waals surface area (Å²) in [6.07, 6.45) is 0.431. The summed E-state index contributed by atoms with van der Waals surface area (Å²) in [5, 5.41) is 5.15. The van der Waals surface area contributed by atoms with Crippen LogP contribution < -0.4 is 20.1 Å². The molecule has 1 atom stereocenters. The number of fused-ring (bicyclic) bond motifs is 1. The number of ether oxygens (including phenoxy) is 3. The van der Waals surface area contributed by atoms with Gasteiger partial charge in [0, 0.05) is 13.5 Å². The van der Waals surface area contributed by atoms with Gasteiger partial charge < -0.3 is 24.8 Å². The second-order valence-corrected chi connectivity index (χ2v) is 6.60. The lowest BCUT2D eigenvalue weighted by Gasteiger charge is -2.15. The number of hydrogen-bond acceptors (Lipinski definition) is 6. The third kappa shape index (κ3) is 5.60. The van der Waals surface area contributed by atoms with E-state index >= 15 is 0 Å². The number of nitrogens with one attached hydrogen (secondary N) is 2. The van der Waals surface area contributed by atoms with Crippen LogP contribution in [0.5, 0.6) is 11.5 Å². The van der Waals surface area contributed by atoms with E-state index in [1.807, 2.05) is 12.1 Å². The van der Waals surface area contributed by atoms with Gasteiger partial charge in [-0.2, -0.15) is 0 Å². The lowest BCUT2D eigenvalue weighted by molar-refractivity contribution is -0.151. The van der Waals surface area contributed by atoms with Crippen LogP contribution in [0.4, 0.5) is 0 Å². The first-order valence-electron chi connectivity index (χ1n) is 9.34. The molecule has 3 rings (SSSR count). The lowest BCUT2D eigenvalue weighted by Crippen LogP contribution is -2.37. The fourth-order valence-corrected chi connectivity index (χ4v) is 2.71. The zero-order valence-electron chi connectivity index (χ0n) is 16.6. The molecule has 2 aromatic rings. The van der Waals surface area contributed by atoms with Gasteiger partial charge >= 0.3 is 5.97 Å². The third-order valence-corrected chi connectivity index (χ3v) is 4.20. The molecule has 0 aromatic heterocycles. The summed E-state index contributed by atoms with van der Waals surface area (Å²) >= 11 is 0. The number of hydrogen-bond donors (Lipinski definition) is 2. The van der Waals surface area contributed by atoms with Gasteiger partial charge in [0.05, 0.1) is 0 Å². The van der Waals surface area contributed by atoms with Gasteiger partial charge in [0.2, 0.25) is 12.7 Å². The van der Waals surface area contributed by atoms with Gasteiger partial charge in [-0.25, -0.2) is 4.79 Å². The van der Waals surface area contributed by atoms with Gasteiger partial charge in [-0.15, -0.1) is 0 Å². The van der Waals surface area contributed by atoms with Crippen molar-refractivity contribution in [2.24, 2.45) is 0 Å². The molecule has 0 unspecified atom stereocenters. The molecule has 8 nitrogen and oxygen atoms in total. The van der Waals surface area contributed by atoms with Gasteiger partial charge in [-0.1, -0.05) is 36.4 Å². The summed E-state index contributed by atoms with van der Waals surface area (Å²) in [6.45, 7) is 3.15. The van der Waals surface area contributed by atoms with E-state index in [1.54, 1.807) is 36.4 Å². The Labute approximate surface area is 173 Å². The van der Waals surface area contributed by atoms with Crippen molar-refractivity contribution in [3.05, 3.63) is 65.4 Å². The molecule has 0 bridgehead atoms. The molecule has 1 aliphatic heterocycles. The van der Waals surface area contributed by atoms with E-state index in [1.165, 1.54) is 19.9 Å². The van der Waals surface area contributed by atoms with Gasteiger partial charge in [0.1, 0.15) is 5.70 Å². The van der Waals surface area contributed by atoms with Crippen LogP contribution in [-0.4, -0.2) is 30.7 Å². The highest BCUT2D eigenvalue weighted by Gasteiger charge is 2.21. The van der Waals surface area contributed by atoms with Crippen LogP contribution in [0.3, 0.4) is 0 Å². The third-order valence-electron chi connectivity index (χ3n) is 4.20. The molecule has 156 valence electrons. The minimum absolute atomic E-state index is 0.0517. The van der Waals surface area contributed by atoms with E-state index in [-0.39, 0.29) is 19.0 Å². The average molecular weight is 410 g/mol. The predicted molar refractivity (Wildman–Crippen MR) is 108 cm³/mol. The summed E-state index contributed by atoms with van der Waals surface area (Å²) < 4.78 is 15.8. The highest BCUT2D eigenvalue weighted by atomic mass is 16.7. The maximum atomic E-state index is 12.5. The minimum Gasteiger partial charge on any atom is -0.454 e. The standard InChI is InChI=1S/C22H22N2O6/c1-14(21(26)23-12-17-8-9-19-20(11-17)29-13-28-19)30-22(27)18(24-15(2)25)10-16-6-4-3-5-7-16/h3-11,14H,12-13H2,1-2H3,(H,23,26)(H,24,25)/b18-10-/t14-/m0/s1. The van der Waals surface area contributed by atoms with Crippen LogP contribution in [0, 0.1) is 0 Å². The first-order chi connectivity index (χ1) is 14.4. The smallest absolute Gasteiger partial charge is 0.355 e. The van der Waals surface area contributed by atoms with Crippen LogP contribution in [0.1, 0.15) is 25.0 Å². The second kappa shape index (κ2) is 9.60. The van der Waals surface area contributed by atoms with Gasteiger partial charge in [0.25, 0.3) is 5.91 Å². The molecular weight excluding hydrogens is 388 g/mol. The SMILES string of the molecule is CC(=O)N/C(=C\c1ccccc1)C(=O)O[C@@H](C)C(=O)NCc1ccc2c(c1)OCO2. The monoisotopic (exact) mass is 410 g/mol. The lowest BCUT2D eigenvalue weighted by atomic mass is 10.2. The van der Waals surface area contributed by atoms with E-state index < -0.39 is 23.9 Å². The Morgan fingerprint density at radius 2 is 1.83 bits per heavy atom. The number of carbonyl (C=O) groups is 3. The van der Waals surface area contributed by atoms with Crippen molar-refractivity contribution in [3.63, 3.8) is 0 Å². The number of carbonyl (C=O) groups excluding carboxylic acids is 3. The summed E-state index contributed by atoms with van der Waals surface area (Å²) in [4.78, 5) is 36.3. The molecule has 2 amide bonds. The fourth-order valence-electron chi connectivity index (χ4n) is 2.71. The normalized spacial score (nSPS) is 13.3. The Morgan fingerprint density at radius 1 is 1.10 bits per heavy atom. The fraction of sp³-hybridized carbons (Fsp3) is 0.227. The van der Waals surface area contributed by atoms with Crippen molar-refractivity contribution < 1.29 is 28.6 Å². The summed E-state index contributed by atoms with van der Waals surface area (Å²) in [5.41, 5.74) is 1.47. The molecule has 1 aliphatic rings. The molecule has 30 heavy (non-hydrogen) atoms. The Kier molecular flexibility index (Phi) is 6.69. The van der Waals surface area contributed by atoms with Crippen LogP contribution in [-0.2, 0) is 25.7 Å². The van der Waals surface area contributed by atoms with E-state index in [9.17, 15) is 14.4 Å². The van der Waals surface area contributed by atoms with Crippen molar-refractivity contribution >= 4 is 23.9 Å². The van der Waals surface area contributed by atoms with Gasteiger partial charge in [-0.3, -0.25) is 9.59 Å². The van der Waals surface area contributed by atoms with E-state index in [4.69, 9.17) is 14.2 Å². The zero-order chi connectivity index (χ0) is 21.5. The van der Waals surface area contributed by atoms with Crippen LogP contribution in [0.2, 0.25) is 0 Å². The average Bonchev–Trinajstić information content (AvgIpc) is 3.19. The van der Waals surface area contributed by atoms with Crippen molar-refractivity contribution in [2.45, 2.75) is 26.5 Å². The van der Waals surface area contributed by atoms with Crippen molar-refractivity contribution in [1.29, 1.82) is 0 Å². The minimum atomic E-state index is -1.06. The molecule has 0 saturated carbocycles. The maximum Gasteiger partial charge on any atom is 0.355 e. The molecule has 2 aromatic carbocycles. The molecule has 2 N–H and O–H groups in total. The van der Waals surface area contributed by atoms with E-state index in [2.05, 4.69) is 10.6 Å². The number of benzene rings is 2. The van der Waals surface area contributed by atoms with E-state index in [0.29, 0.717) is 17.1 Å². The zero-order valence-corrected chi connectivity index (χ0v) is 16.6. The summed E-state index contributed by atoms with van der Waals surface area (Å²) in [6, 6.07) is 14.3. The molecule has 0 fully saturated rings. The molecule has 0 spiro atoms. The Balaban J connectivity index is 1.59. The first kappa shape index (κ1) is 20.9. The Morgan fingerprint density at radius 3 is 2.57 bits per heavy atom. The molecule has 0 saturated heterocycles. The van der Waals surface area contributed by atoms with Crippen molar-refractivity contribution in [3.8, 4) is 11.5 Å². The maximum absolute atomic E-state index is 12.5. The largest absolute Gasteiger partial charge is 0.454 e. The number of esters is 1. The van der Waals surface area contributed by atoms with Crippen LogP contribution >= 0.6 is 0 Å². The predicted octanol–water partition coefficient (Wildman–Crippen LogP) is 2.14. The number of rotatable bonds is 7. The van der Waals surface area contributed by atoms with Crippen molar-refractivity contribution in [2.75, 3.05) is 6.79 Å². The topological polar surface area (TPSA) is 103 Å². The Hall–Kier alpha value is -3.81. The quantitative estimate of drug-likeness (QED) is 0.536. The summed E-state index contributed by atoms with van der Waals surface area (Å²) in [5.74, 6) is -0.424. The molecule has 1 heterocycles. The first-order valence-corrected chi connectivity index (χ1v) is 9.34. The van der Waals surface area contributed by atoms with Crippen molar-refractivity contribution in [1.82, 2.24) is 10.6 Å². The highest BCUT2D eigenvalue weighted by Crippen LogP contribution is 2.32. The van der Waals surface area contributed by atoms with Gasteiger partial charge in [0.15, 0.2) is 17.6 Å². The highest BCUT2D eigenvalue weighted by molar-refractivity contribution is 5.98. The van der Waals surface area contributed by atoms with Crippen LogP contribution in [0.25, 0.3) is 6.08 Å². The molecule has 0 radical (unpaired) electrons. The molecule has 0 aliphatic carbocycles. The summed E-state index contributed by atoms with van der Waals surface area (Å²) in [7, 11) is 0. The molecule has 8 heteroatoms.